The van der Waals surface area contributed by atoms with Crippen molar-refractivity contribution in [3.63, 3.8) is 0 Å². The Morgan fingerprint density at radius 2 is 1.72 bits per heavy atom. The van der Waals surface area contributed by atoms with Crippen LogP contribution in [0.1, 0.15) is 59.3 Å². The molecule has 18 heavy (non-hydrogen) atoms. The Morgan fingerprint density at radius 3 is 2.28 bits per heavy atom. The molecular formula is C16H32N2. The van der Waals surface area contributed by atoms with Crippen molar-refractivity contribution in [1.29, 1.82) is 0 Å². The minimum Gasteiger partial charge on any atom is -0.328 e. The molecule has 1 saturated heterocycles. The summed E-state index contributed by atoms with van der Waals surface area (Å²) in [4.78, 5) is 2.70. The summed E-state index contributed by atoms with van der Waals surface area (Å²) in [5.41, 5.74) is 6.59. The highest BCUT2D eigenvalue weighted by Gasteiger charge is 2.30. The quantitative estimate of drug-likeness (QED) is 0.817. The number of likely N-dealkylation sites (tertiary alicyclic amines) is 1. The SMILES string of the molecule is CC(C)(C)C1CCN(CC2CCCC(N)C2)CC1. The van der Waals surface area contributed by atoms with Crippen molar-refractivity contribution in [1.82, 2.24) is 4.90 Å². The van der Waals surface area contributed by atoms with Crippen molar-refractivity contribution >= 4 is 0 Å². The summed E-state index contributed by atoms with van der Waals surface area (Å²) in [6, 6.07) is 0.482. The summed E-state index contributed by atoms with van der Waals surface area (Å²) in [5, 5.41) is 0. The number of hydrogen-bond donors (Lipinski definition) is 1. The monoisotopic (exact) mass is 252 g/mol. The van der Waals surface area contributed by atoms with Crippen LogP contribution in [0.5, 0.6) is 0 Å². The highest BCUT2D eigenvalue weighted by atomic mass is 15.1. The lowest BCUT2D eigenvalue weighted by Crippen LogP contribution is -2.42. The Labute approximate surface area is 113 Å². The van der Waals surface area contributed by atoms with Crippen LogP contribution in [0.25, 0.3) is 0 Å². The lowest BCUT2D eigenvalue weighted by Gasteiger charge is -2.40. The second-order valence-electron chi connectivity index (χ2n) is 7.73. The molecule has 2 heteroatoms. The average molecular weight is 252 g/mol. The molecule has 1 aliphatic heterocycles. The van der Waals surface area contributed by atoms with E-state index in [1.165, 1.54) is 58.2 Å². The largest absolute Gasteiger partial charge is 0.328 e. The molecule has 0 radical (unpaired) electrons. The summed E-state index contributed by atoms with van der Waals surface area (Å²) < 4.78 is 0. The van der Waals surface area contributed by atoms with E-state index in [4.69, 9.17) is 5.73 Å². The van der Waals surface area contributed by atoms with E-state index in [1.807, 2.05) is 0 Å². The second kappa shape index (κ2) is 5.92. The number of piperidine rings is 1. The molecule has 0 aromatic heterocycles. The van der Waals surface area contributed by atoms with Crippen molar-refractivity contribution in [2.24, 2.45) is 23.0 Å². The van der Waals surface area contributed by atoms with Gasteiger partial charge in [-0.15, -0.1) is 0 Å². The second-order valence-corrected chi connectivity index (χ2v) is 7.73. The first-order chi connectivity index (χ1) is 8.45. The summed E-state index contributed by atoms with van der Waals surface area (Å²) >= 11 is 0. The van der Waals surface area contributed by atoms with Crippen molar-refractivity contribution in [3.05, 3.63) is 0 Å². The summed E-state index contributed by atoms with van der Waals surface area (Å²) in [7, 11) is 0. The maximum Gasteiger partial charge on any atom is 0.00419 e. The van der Waals surface area contributed by atoms with E-state index >= 15 is 0 Å². The van der Waals surface area contributed by atoms with E-state index < -0.39 is 0 Å². The zero-order valence-electron chi connectivity index (χ0n) is 12.6. The van der Waals surface area contributed by atoms with Crippen LogP contribution in [-0.2, 0) is 0 Å². The predicted molar refractivity (Wildman–Crippen MR) is 78.6 cm³/mol. The van der Waals surface area contributed by atoms with E-state index in [-0.39, 0.29) is 0 Å². The van der Waals surface area contributed by atoms with Crippen LogP contribution in [0.2, 0.25) is 0 Å². The van der Waals surface area contributed by atoms with E-state index in [0.29, 0.717) is 11.5 Å². The molecule has 2 atom stereocenters. The molecule has 0 aromatic carbocycles. The summed E-state index contributed by atoms with van der Waals surface area (Å²) in [6.07, 6.45) is 8.06. The van der Waals surface area contributed by atoms with Crippen LogP contribution in [0, 0.1) is 17.3 Å². The Kier molecular flexibility index (Phi) is 4.71. The molecule has 2 rings (SSSR count). The Morgan fingerprint density at radius 1 is 1.06 bits per heavy atom. The highest BCUT2D eigenvalue weighted by molar-refractivity contribution is 4.83. The van der Waals surface area contributed by atoms with Gasteiger partial charge in [-0.05, 0) is 62.4 Å². The molecule has 1 aliphatic carbocycles. The van der Waals surface area contributed by atoms with Crippen LogP contribution in [0.15, 0.2) is 0 Å². The van der Waals surface area contributed by atoms with Crippen LogP contribution >= 0.6 is 0 Å². The molecule has 2 unspecified atom stereocenters. The van der Waals surface area contributed by atoms with Gasteiger partial charge in [0.25, 0.3) is 0 Å². The molecule has 2 nitrogen and oxygen atoms in total. The molecule has 1 heterocycles. The third-order valence-corrected chi connectivity index (χ3v) is 5.15. The first-order valence-corrected chi connectivity index (χ1v) is 7.93. The van der Waals surface area contributed by atoms with Crippen LogP contribution in [0.4, 0.5) is 0 Å². The standard InChI is InChI=1S/C16H32N2/c1-16(2,3)14-7-9-18(10-8-14)12-13-5-4-6-15(17)11-13/h13-15H,4-12,17H2,1-3H3. The van der Waals surface area contributed by atoms with Gasteiger partial charge in [0.15, 0.2) is 0 Å². The van der Waals surface area contributed by atoms with Gasteiger partial charge in [-0.3, -0.25) is 0 Å². The van der Waals surface area contributed by atoms with E-state index in [0.717, 1.165) is 11.8 Å². The van der Waals surface area contributed by atoms with Crippen LogP contribution < -0.4 is 5.73 Å². The fourth-order valence-electron chi connectivity index (χ4n) is 3.85. The van der Waals surface area contributed by atoms with Gasteiger partial charge < -0.3 is 10.6 Å². The van der Waals surface area contributed by atoms with E-state index in [1.54, 1.807) is 0 Å². The van der Waals surface area contributed by atoms with E-state index in [9.17, 15) is 0 Å². The van der Waals surface area contributed by atoms with Crippen LogP contribution in [-0.4, -0.2) is 30.6 Å². The molecule has 2 fully saturated rings. The molecule has 2 aliphatic rings. The summed E-state index contributed by atoms with van der Waals surface area (Å²) in [6.45, 7) is 11.1. The topological polar surface area (TPSA) is 29.3 Å². The van der Waals surface area contributed by atoms with E-state index in [2.05, 4.69) is 25.7 Å². The molecule has 0 amide bonds. The lowest BCUT2D eigenvalue weighted by atomic mass is 9.75. The fraction of sp³-hybridized carbons (Fsp3) is 1.00. The number of nitrogens with two attached hydrogens (primary N) is 1. The van der Waals surface area contributed by atoms with Crippen molar-refractivity contribution < 1.29 is 0 Å². The van der Waals surface area contributed by atoms with Gasteiger partial charge >= 0.3 is 0 Å². The summed E-state index contributed by atoms with van der Waals surface area (Å²) in [5.74, 6) is 1.79. The molecular weight excluding hydrogens is 220 g/mol. The smallest absolute Gasteiger partial charge is 0.00419 e. The van der Waals surface area contributed by atoms with Crippen molar-refractivity contribution in [2.75, 3.05) is 19.6 Å². The van der Waals surface area contributed by atoms with Gasteiger partial charge in [-0.25, -0.2) is 0 Å². The van der Waals surface area contributed by atoms with Crippen molar-refractivity contribution in [3.8, 4) is 0 Å². The van der Waals surface area contributed by atoms with Gasteiger partial charge in [0.2, 0.25) is 0 Å². The van der Waals surface area contributed by atoms with Crippen molar-refractivity contribution in [2.45, 2.75) is 65.3 Å². The Balaban J connectivity index is 1.73. The molecule has 2 N–H and O–H groups in total. The Hall–Kier alpha value is -0.0800. The minimum atomic E-state index is 0.482. The van der Waals surface area contributed by atoms with Crippen LogP contribution in [0.3, 0.4) is 0 Å². The Bertz CT molecular complexity index is 248. The number of nitrogens with zero attached hydrogens (tertiary/aromatic N) is 1. The zero-order valence-corrected chi connectivity index (χ0v) is 12.6. The molecule has 1 saturated carbocycles. The molecule has 0 aromatic rings. The predicted octanol–water partition coefficient (Wildman–Crippen LogP) is 3.26. The van der Waals surface area contributed by atoms with Gasteiger partial charge in [0.1, 0.15) is 0 Å². The maximum atomic E-state index is 6.09. The maximum absolute atomic E-state index is 6.09. The average Bonchev–Trinajstić information content (AvgIpc) is 2.28. The van der Waals surface area contributed by atoms with Gasteiger partial charge in [0.05, 0.1) is 0 Å². The fourth-order valence-corrected chi connectivity index (χ4v) is 3.85. The number of hydrogen-bond acceptors (Lipinski definition) is 2. The van der Waals surface area contributed by atoms with Gasteiger partial charge in [-0.2, -0.15) is 0 Å². The minimum absolute atomic E-state index is 0.482. The zero-order chi connectivity index (χ0) is 13.2. The lowest BCUT2D eigenvalue weighted by molar-refractivity contribution is 0.0934. The van der Waals surface area contributed by atoms with Gasteiger partial charge in [-0.1, -0.05) is 27.2 Å². The number of rotatable bonds is 2. The first-order valence-electron chi connectivity index (χ1n) is 7.93. The normalized spacial score (nSPS) is 32.7. The highest BCUT2D eigenvalue weighted by Crippen LogP contribution is 2.35. The molecule has 106 valence electrons. The third kappa shape index (κ3) is 3.96. The molecule has 0 spiro atoms. The first kappa shape index (κ1) is 14.3. The third-order valence-electron chi connectivity index (χ3n) is 5.15. The molecule has 0 bridgehead atoms. The van der Waals surface area contributed by atoms with Gasteiger partial charge in [0, 0.05) is 12.6 Å².